The molecule has 0 amide bonds. The average Bonchev–Trinajstić information content (AvgIpc) is 3.53. The molecule has 0 aliphatic rings. The molecule has 0 aliphatic carbocycles. The van der Waals surface area contributed by atoms with Crippen LogP contribution in [0.5, 0.6) is 5.75 Å². The van der Waals surface area contributed by atoms with Gasteiger partial charge in [-0.05, 0) is 60.7 Å². The summed E-state index contributed by atoms with van der Waals surface area (Å²) in [5, 5.41) is 0. The number of sulfone groups is 1. The normalized spacial score (nSPS) is 11.8. The lowest BCUT2D eigenvalue weighted by Crippen LogP contribution is -2.11. The predicted octanol–water partition coefficient (Wildman–Crippen LogP) is 5.37. The molecule has 0 N–H and O–H groups in total. The van der Waals surface area contributed by atoms with Crippen molar-refractivity contribution in [2.24, 2.45) is 0 Å². The fourth-order valence-corrected chi connectivity index (χ4v) is 4.33. The first kappa shape index (κ1) is 26.3. The maximum atomic E-state index is 13.0. The Bertz CT molecular complexity index is 1410. The van der Waals surface area contributed by atoms with Crippen LogP contribution < -0.4 is 4.74 Å². The number of hydrogen-bond donors (Lipinski definition) is 0. The van der Waals surface area contributed by atoms with E-state index in [1.165, 1.54) is 24.0 Å². The largest absolute Gasteiger partial charge is 0.487 e. The molecule has 194 valence electrons. The minimum absolute atomic E-state index is 0.116. The number of oxazole rings is 1. The Hall–Kier alpha value is -3.72. The number of aromatic nitrogens is 3. The van der Waals surface area contributed by atoms with Gasteiger partial charge < -0.3 is 13.7 Å². The molecule has 7 nitrogen and oxygen atoms in total. The molecule has 0 bridgehead atoms. The monoisotopic (exact) mass is 523 g/mol. The summed E-state index contributed by atoms with van der Waals surface area (Å²) in [5.41, 5.74) is 2.76. The highest BCUT2D eigenvalue weighted by molar-refractivity contribution is 7.90. The number of rotatable bonds is 13. The molecule has 9 heteroatoms. The van der Waals surface area contributed by atoms with Crippen molar-refractivity contribution >= 4 is 22.0 Å². The number of benzene rings is 2. The van der Waals surface area contributed by atoms with E-state index >= 15 is 0 Å². The van der Waals surface area contributed by atoms with E-state index in [-0.39, 0.29) is 11.6 Å². The Kier molecular flexibility index (Phi) is 8.90. The number of halogens is 1. The minimum atomic E-state index is -3.00. The Balaban J connectivity index is 1.18. The molecule has 0 spiro atoms. The van der Waals surface area contributed by atoms with Crippen molar-refractivity contribution in [1.82, 2.24) is 14.5 Å². The van der Waals surface area contributed by atoms with Crippen LogP contribution in [0.2, 0.25) is 0 Å². The summed E-state index contributed by atoms with van der Waals surface area (Å²) in [6.07, 6.45) is 13.4. The maximum absolute atomic E-state index is 13.0. The van der Waals surface area contributed by atoms with E-state index in [4.69, 9.17) is 9.15 Å². The molecular formula is C28H30FN3O4S. The topological polar surface area (TPSA) is 87.2 Å². The summed E-state index contributed by atoms with van der Waals surface area (Å²) in [6.45, 7) is 1.11. The van der Waals surface area contributed by atoms with Crippen molar-refractivity contribution < 1.29 is 22.0 Å². The van der Waals surface area contributed by atoms with E-state index in [0.29, 0.717) is 24.6 Å². The van der Waals surface area contributed by atoms with Crippen LogP contribution in [0.3, 0.4) is 0 Å². The van der Waals surface area contributed by atoms with Gasteiger partial charge in [0.1, 0.15) is 45.8 Å². The fraction of sp³-hybridized carbons (Fsp3) is 0.286. The Morgan fingerprint density at radius 3 is 2.57 bits per heavy atom. The molecule has 0 radical (unpaired) electrons. The van der Waals surface area contributed by atoms with Crippen LogP contribution in [0.15, 0.2) is 71.6 Å². The second-order valence-corrected chi connectivity index (χ2v) is 11.1. The number of nitrogens with zero attached hydrogens (tertiary/aromatic N) is 3. The third-order valence-electron chi connectivity index (χ3n) is 5.78. The smallest absolute Gasteiger partial charge is 0.218 e. The van der Waals surface area contributed by atoms with Crippen molar-refractivity contribution in [2.45, 2.75) is 38.8 Å². The molecule has 4 aromatic rings. The summed E-state index contributed by atoms with van der Waals surface area (Å²) in [5.74, 6) is 1.87. The summed E-state index contributed by atoms with van der Waals surface area (Å²) in [6, 6.07) is 14.2. The number of ether oxygens (including phenoxy) is 1. The van der Waals surface area contributed by atoms with Crippen LogP contribution in [0.1, 0.15) is 41.4 Å². The van der Waals surface area contributed by atoms with Gasteiger partial charge in [0.25, 0.3) is 0 Å². The van der Waals surface area contributed by atoms with Crippen LogP contribution in [0.4, 0.5) is 4.39 Å². The van der Waals surface area contributed by atoms with Gasteiger partial charge in [-0.25, -0.2) is 22.8 Å². The molecule has 37 heavy (non-hydrogen) atoms. The molecular weight excluding hydrogens is 493 g/mol. The van der Waals surface area contributed by atoms with Crippen LogP contribution >= 0.6 is 0 Å². The van der Waals surface area contributed by atoms with Gasteiger partial charge >= 0.3 is 0 Å². The first-order chi connectivity index (χ1) is 17.8. The highest BCUT2D eigenvalue weighted by Crippen LogP contribution is 2.17. The molecule has 2 aromatic heterocycles. The van der Waals surface area contributed by atoms with E-state index < -0.39 is 9.84 Å². The van der Waals surface area contributed by atoms with Crippen molar-refractivity contribution in [3.63, 3.8) is 0 Å². The first-order valence-corrected chi connectivity index (χ1v) is 14.2. The van der Waals surface area contributed by atoms with Gasteiger partial charge in [0, 0.05) is 37.7 Å². The lowest BCUT2D eigenvalue weighted by atomic mass is 10.1. The second kappa shape index (κ2) is 12.5. The zero-order valence-electron chi connectivity index (χ0n) is 20.7. The first-order valence-electron chi connectivity index (χ1n) is 12.1. The van der Waals surface area contributed by atoms with Gasteiger partial charge in [0.15, 0.2) is 0 Å². The summed E-state index contributed by atoms with van der Waals surface area (Å²) < 4.78 is 49.1. The van der Waals surface area contributed by atoms with E-state index in [1.54, 1.807) is 30.7 Å². The van der Waals surface area contributed by atoms with E-state index in [1.807, 2.05) is 29.0 Å². The van der Waals surface area contributed by atoms with Crippen molar-refractivity contribution in [3.05, 3.63) is 102 Å². The van der Waals surface area contributed by atoms with E-state index in [9.17, 15) is 12.8 Å². The molecule has 0 aliphatic heterocycles. The fourth-order valence-electron chi connectivity index (χ4n) is 3.78. The number of hydrogen-bond acceptors (Lipinski definition) is 6. The SMILES string of the molecule is CS(=O)(=O)CCc1nccn1CCCCc1ccc(OCc2coc(/C=C/c3ccc(F)cc3)n2)cc1. The zero-order chi connectivity index (χ0) is 26.1. The predicted molar refractivity (Wildman–Crippen MR) is 141 cm³/mol. The molecule has 2 heterocycles. The highest BCUT2D eigenvalue weighted by atomic mass is 32.2. The Labute approximate surface area is 216 Å². The summed E-state index contributed by atoms with van der Waals surface area (Å²) in [7, 11) is -3.00. The molecule has 0 unspecified atom stereocenters. The van der Waals surface area contributed by atoms with Gasteiger partial charge in [0.05, 0.1) is 5.75 Å². The zero-order valence-corrected chi connectivity index (χ0v) is 21.5. The van der Waals surface area contributed by atoms with Crippen molar-refractivity contribution in [1.29, 1.82) is 0 Å². The lowest BCUT2D eigenvalue weighted by molar-refractivity contribution is 0.301. The van der Waals surface area contributed by atoms with Gasteiger partial charge in [-0.2, -0.15) is 0 Å². The number of unbranched alkanes of at least 4 members (excludes halogenated alkanes) is 1. The summed E-state index contributed by atoms with van der Waals surface area (Å²) in [4.78, 5) is 8.68. The van der Waals surface area contributed by atoms with Gasteiger partial charge in [-0.15, -0.1) is 0 Å². The molecule has 0 atom stereocenters. The maximum Gasteiger partial charge on any atom is 0.218 e. The standard InChI is InChI=1S/C28H30FN3O4S/c1-37(33,34)19-15-27-30-16-18-32(27)17-3-2-4-22-7-12-26(13-8-22)35-20-25-21-36-28(31-25)14-9-23-5-10-24(29)11-6-23/h5-14,16,18,21H,2-4,15,17,19-20H2,1H3/b14-9+. The summed E-state index contributed by atoms with van der Waals surface area (Å²) >= 11 is 0. The van der Waals surface area contributed by atoms with Crippen LogP contribution in [-0.2, 0) is 35.8 Å². The highest BCUT2D eigenvalue weighted by Gasteiger charge is 2.08. The molecule has 2 aromatic carbocycles. The molecule has 4 rings (SSSR count). The third-order valence-corrected chi connectivity index (χ3v) is 6.73. The van der Waals surface area contributed by atoms with Crippen LogP contribution in [-0.4, -0.2) is 35.0 Å². The Morgan fingerprint density at radius 1 is 1.03 bits per heavy atom. The van der Waals surface area contributed by atoms with Crippen LogP contribution in [0, 0.1) is 5.82 Å². The number of imidazole rings is 1. The third kappa shape index (κ3) is 8.71. The lowest BCUT2D eigenvalue weighted by Gasteiger charge is -2.08. The van der Waals surface area contributed by atoms with Crippen molar-refractivity contribution in [3.8, 4) is 5.75 Å². The van der Waals surface area contributed by atoms with Gasteiger partial charge in [0.2, 0.25) is 5.89 Å². The Morgan fingerprint density at radius 2 is 1.81 bits per heavy atom. The van der Waals surface area contributed by atoms with Gasteiger partial charge in [-0.3, -0.25) is 0 Å². The quantitative estimate of drug-likeness (QED) is 0.219. The average molecular weight is 524 g/mol. The molecule has 0 fully saturated rings. The minimum Gasteiger partial charge on any atom is -0.487 e. The van der Waals surface area contributed by atoms with E-state index in [2.05, 4.69) is 22.1 Å². The molecule has 0 saturated carbocycles. The van der Waals surface area contributed by atoms with Crippen LogP contribution in [0.25, 0.3) is 12.2 Å². The molecule has 0 saturated heterocycles. The van der Waals surface area contributed by atoms with E-state index in [0.717, 1.165) is 42.9 Å². The van der Waals surface area contributed by atoms with Crippen molar-refractivity contribution in [2.75, 3.05) is 12.0 Å². The van der Waals surface area contributed by atoms with Gasteiger partial charge in [-0.1, -0.05) is 24.3 Å². The second-order valence-electron chi connectivity index (χ2n) is 8.87. The number of aryl methyl sites for hydroxylation is 3.